The van der Waals surface area contributed by atoms with Gasteiger partial charge in [0.25, 0.3) is 0 Å². The number of epoxide rings is 2. The van der Waals surface area contributed by atoms with Crippen molar-refractivity contribution >= 4 is 0 Å². The topological polar surface area (TPSA) is 43.5 Å². The Bertz CT molecular complexity index is 127. The fourth-order valence-electron chi connectivity index (χ4n) is 1.02. The van der Waals surface area contributed by atoms with Gasteiger partial charge in [-0.05, 0) is 6.42 Å². The van der Waals surface area contributed by atoms with Crippen molar-refractivity contribution in [3.05, 3.63) is 0 Å². The van der Waals surface area contributed by atoms with Crippen LogP contribution in [0.4, 0.5) is 0 Å². The summed E-state index contributed by atoms with van der Waals surface area (Å²) in [7, 11) is 0. The lowest BCUT2D eigenvalue weighted by Crippen LogP contribution is -2.07. The molecular weight excluding hydrogens is 172 g/mol. The molecule has 2 atom stereocenters. The molecule has 76 valence electrons. The highest BCUT2D eigenvalue weighted by atomic mass is 16.6. The maximum Gasteiger partial charge on any atom is 0.104 e. The van der Waals surface area contributed by atoms with Crippen molar-refractivity contribution in [3.8, 4) is 0 Å². The highest BCUT2D eigenvalue weighted by Crippen LogP contribution is 2.09. The minimum absolute atomic E-state index is 0.376. The van der Waals surface area contributed by atoms with Crippen LogP contribution in [0.2, 0.25) is 0 Å². The summed E-state index contributed by atoms with van der Waals surface area (Å²) in [5.41, 5.74) is 0. The minimum Gasteiger partial charge on any atom is -0.379 e. The predicted molar refractivity (Wildman–Crippen MR) is 45.7 cm³/mol. The first kappa shape index (κ1) is 9.40. The zero-order valence-corrected chi connectivity index (χ0v) is 7.74. The van der Waals surface area contributed by atoms with E-state index < -0.39 is 0 Å². The van der Waals surface area contributed by atoms with Crippen molar-refractivity contribution in [2.24, 2.45) is 0 Å². The summed E-state index contributed by atoms with van der Waals surface area (Å²) in [6.07, 6.45) is 1.71. The van der Waals surface area contributed by atoms with Crippen LogP contribution in [-0.4, -0.2) is 51.8 Å². The van der Waals surface area contributed by atoms with Crippen molar-refractivity contribution in [1.29, 1.82) is 0 Å². The van der Waals surface area contributed by atoms with E-state index in [1.807, 2.05) is 0 Å². The average molecular weight is 188 g/mol. The lowest BCUT2D eigenvalue weighted by molar-refractivity contribution is 0.0698. The first-order valence-corrected chi connectivity index (χ1v) is 4.84. The Kier molecular flexibility index (Phi) is 3.55. The molecule has 0 N–H and O–H groups in total. The van der Waals surface area contributed by atoms with Gasteiger partial charge in [-0.2, -0.15) is 0 Å². The van der Waals surface area contributed by atoms with E-state index in [0.29, 0.717) is 12.2 Å². The average Bonchev–Trinajstić information content (AvgIpc) is 2.99. The van der Waals surface area contributed by atoms with Crippen molar-refractivity contribution in [2.45, 2.75) is 18.6 Å². The fourth-order valence-corrected chi connectivity index (χ4v) is 1.02. The maximum absolute atomic E-state index is 5.34. The largest absolute Gasteiger partial charge is 0.379 e. The maximum atomic E-state index is 5.34. The van der Waals surface area contributed by atoms with E-state index in [1.54, 1.807) is 0 Å². The van der Waals surface area contributed by atoms with Crippen LogP contribution in [-0.2, 0) is 18.9 Å². The summed E-state index contributed by atoms with van der Waals surface area (Å²) in [6, 6.07) is 0. The summed E-state index contributed by atoms with van der Waals surface area (Å²) in [6.45, 7) is 4.76. The Balaban J connectivity index is 1.28. The molecule has 2 aliphatic rings. The van der Waals surface area contributed by atoms with Gasteiger partial charge >= 0.3 is 0 Å². The van der Waals surface area contributed by atoms with Crippen LogP contribution in [0.25, 0.3) is 0 Å². The SMILES string of the molecule is C(COCC1CO1)COCC1CO1. The summed E-state index contributed by atoms with van der Waals surface area (Å²) in [5, 5.41) is 0. The standard InChI is InChI=1S/C9H16O4/c1(2-10-4-8-6-12-8)3-11-5-9-7-13-9/h8-9H,1-7H2. The van der Waals surface area contributed by atoms with Crippen LogP contribution < -0.4 is 0 Å². The zero-order valence-electron chi connectivity index (χ0n) is 7.74. The van der Waals surface area contributed by atoms with E-state index in [2.05, 4.69) is 0 Å². The highest BCUT2D eigenvalue weighted by Gasteiger charge is 2.22. The molecule has 2 rings (SSSR count). The van der Waals surface area contributed by atoms with Crippen LogP contribution >= 0.6 is 0 Å². The Hall–Kier alpha value is -0.160. The monoisotopic (exact) mass is 188 g/mol. The minimum atomic E-state index is 0.376. The van der Waals surface area contributed by atoms with Gasteiger partial charge in [0.1, 0.15) is 12.2 Å². The molecule has 0 spiro atoms. The zero-order chi connectivity index (χ0) is 8.93. The smallest absolute Gasteiger partial charge is 0.104 e. The van der Waals surface area contributed by atoms with Gasteiger partial charge < -0.3 is 18.9 Å². The van der Waals surface area contributed by atoms with Crippen molar-refractivity contribution in [3.63, 3.8) is 0 Å². The normalized spacial score (nSPS) is 30.5. The number of hydrogen-bond donors (Lipinski definition) is 0. The summed E-state index contributed by atoms with van der Waals surface area (Å²) < 4.78 is 20.7. The Morgan fingerprint density at radius 1 is 0.923 bits per heavy atom. The molecule has 0 bridgehead atoms. The van der Waals surface area contributed by atoms with Crippen LogP contribution in [0.5, 0.6) is 0 Å². The molecule has 0 aliphatic carbocycles. The van der Waals surface area contributed by atoms with Crippen LogP contribution in [0, 0.1) is 0 Å². The van der Waals surface area contributed by atoms with Gasteiger partial charge in [-0.15, -0.1) is 0 Å². The van der Waals surface area contributed by atoms with E-state index in [4.69, 9.17) is 18.9 Å². The molecule has 0 aromatic heterocycles. The van der Waals surface area contributed by atoms with E-state index in [9.17, 15) is 0 Å². The molecule has 2 aliphatic heterocycles. The molecule has 4 heteroatoms. The van der Waals surface area contributed by atoms with E-state index in [0.717, 1.165) is 46.1 Å². The van der Waals surface area contributed by atoms with Crippen molar-refractivity contribution in [2.75, 3.05) is 39.6 Å². The van der Waals surface area contributed by atoms with Gasteiger partial charge in [0.05, 0.1) is 26.4 Å². The molecule has 0 aromatic rings. The molecule has 0 radical (unpaired) electrons. The summed E-state index contributed by atoms with van der Waals surface area (Å²) in [5.74, 6) is 0. The molecule has 0 saturated carbocycles. The van der Waals surface area contributed by atoms with Gasteiger partial charge in [-0.25, -0.2) is 0 Å². The predicted octanol–water partition coefficient (Wildman–Crippen LogP) is 0.207. The Morgan fingerprint density at radius 3 is 1.77 bits per heavy atom. The molecule has 0 aromatic carbocycles. The van der Waals surface area contributed by atoms with Gasteiger partial charge in [0.2, 0.25) is 0 Å². The second-order valence-corrected chi connectivity index (χ2v) is 3.41. The number of hydrogen-bond acceptors (Lipinski definition) is 4. The van der Waals surface area contributed by atoms with Gasteiger partial charge in [-0.1, -0.05) is 0 Å². The third-order valence-corrected chi connectivity index (χ3v) is 1.99. The second-order valence-electron chi connectivity index (χ2n) is 3.41. The highest BCUT2D eigenvalue weighted by molar-refractivity contribution is 4.67. The summed E-state index contributed by atoms with van der Waals surface area (Å²) >= 11 is 0. The number of ether oxygens (including phenoxy) is 4. The molecule has 0 amide bonds. The molecule has 2 unspecified atom stereocenters. The van der Waals surface area contributed by atoms with Gasteiger partial charge in [-0.3, -0.25) is 0 Å². The molecule has 2 fully saturated rings. The lowest BCUT2D eigenvalue weighted by Gasteiger charge is -2.02. The van der Waals surface area contributed by atoms with Gasteiger partial charge in [0.15, 0.2) is 0 Å². The summed E-state index contributed by atoms with van der Waals surface area (Å²) in [4.78, 5) is 0. The quantitative estimate of drug-likeness (QED) is 0.403. The van der Waals surface area contributed by atoms with Crippen LogP contribution in [0.15, 0.2) is 0 Å². The van der Waals surface area contributed by atoms with Crippen molar-refractivity contribution < 1.29 is 18.9 Å². The number of rotatable bonds is 8. The molecular formula is C9H16O4. The first-order chi connectivity index (χ1) is 6.45. The Labute approximate surface area is 78.1 Å². The van der Waals surface area contributed by atoms with Crippen LogP contribution in [0.1, 0.15) is 6.42 Å². The Morgan fingerprint density at radius 2 is 1.38 bits per heavy atom. The van der Waals surface area contributed by atoms with E-state index in [1.165, 1.54) is 0 Å². The van der Waals surface area contributed by atoms with E-state index in [-0.39, 0.29) is 0 Å². The van der Waals surface area contributed by atoms with Crippen LogP contribution in [0.3, 0.4) is 0 Å². The molecule has 2 saturated heterocycles. The second kappa shape index (κ2) is 4.91. The third-order valence-electron chi connectivity index (χ3n) is 1.99. The molecule has 13 heavy (non-hydrogen) atoms. The fraction of sp³-hybridized carbons (Fsp3) is 1.00. The first-order valence-electron chi connectivity index (χ1n) is 4.84. The van der Waals surface area contributed by atoms with Crippen molar-refractivity contribution in [1.82, 2.24) is 0 Å². The third kappa shape index (κ3) is 4.57. The van der Waals surface area contributed by atoms with Gasteiger partial charge in [0, 0.05) is 13.2 Å². The van der Waals surface area contributed by atoms with E-state index >= 15 is 0 Å². The lowest BCUT2D eigenvalue weighted by atomic mass is 10.4. The molecule has 4 nitrogen and oxygen atoms in total. The molecule has 2 heterocycles.